The highest BCUT2D eigenvalue weighted by Gasteiger charge is 2.13. The molecule has 0 aliphatic heterocycles. The molecule has 0 spiro atoms. The summed E-state index contributed by atoms with van der Waals surface area (Å²) in [6.45, 7) is 4.94. The van der Waals surface area contributed by atoms with E-state index in [1.54, 1.807) is 6.26 Å². The molecule has 0 bridgehead atoms. The fraction of sp³-hybridized carbons (Fsp3) is 0.312. The minimum absolute atomic E-state index is 0.101. The number of benzene rings is 1. The fourth-order valence-corrected chi connectivity index (χ4v) is 1.90. The molecule has 2 N–H and O–H groups in total. The van der Waals surface area contributed by atoms with Crippen LogP contribution in [-0.4, -0.2) is 12.5 Å². The third-order valence-electron chi connectivity index (χ3n) is 3.04. The van der Waals surface area contributed by atoms with Gasteiger partial charge < -0.3 is 15.1 Å². The highest BCUT2D eigenvalue weighted by molar-refractivity contribution is 5.94. The topological polar surface area (TPSA) is 54.3 Å². The molecule has 0 saturated heterocycles. The lowest BCUT2D eigenvalue weighted by molar-refractivity contribution is 0.0935. The number of anilines is 1. The van der Waals surface area contributed by atoms with Gasteiger partial charge in [0.2, 0.25) is 0 Å². The van der Waals surface area contributed by atoms with E-state index in [4.69, 9.17) is 4.42 Å². The van der Waals surface area contributed by atoms with Gasteiger partial charge in [0.1, 0.15) is 5.76 Å². The number of hydrogen-bond donors (Lipinski definition) is 2. The number of rotatable bonds is 6. The second-order valence-corrected chi connectivity index (χ2v) is 4.71. The fourth-order valence-electron chi connectivity index (χ4n) is 1.90. The minimum atomic E-state index is -0.143. The predicted molar refractivity (Wildman–Crippen MR) is 79.8 cm³/mol. The second-order valence-electron chi connectivity index (χ2n) is 4.71. The van der Waals surface area contributed by atoms with E-state index in [-0.39, 0.29) is 11.9 Å². The summed E-state index contributed by atoms with van der Waals surface area (Å²) in [6, 6.07) is 11.0. The molecule has 0 saturated carbocycles. The number of nitrogens with one attached hydrogen (secondary N) is 2. The van der Waals surface area contributed by atoms with Gasteiger partial charge in [0, 0.05) is 17.8 Å². The summed E-state index contributed by atoms with van der Waals surface area (Å²) in [5.41, 5.74) is 1.67. The maximum absolute atomic E-state index is 12.1. The summed E-state index contributed by atoms with van der Waals surface area (Å²) >= 11 is 0. The largest absolute Gasteiger partial charge is 0.467 e. The van der Waals surface area contributed by atoms with Crippen LogP contribution in [-0.2, 0) is 0 Å². The van der Waals surface area contributed by atoms with Gasteiger partial charge in [-0.1, -0.05) is 6.92 Å². The van der Waals surface area contributed by atoms with E-state index >= 15 is 0 Å². The van der Waals surface area contributed by atoms with E-state index in [1.165, 1.54) is 0 Å². The first kappa shape index (κ1) is 14.2. The van der Waals surface area contributed by atoms with Crippen LogP contribution in [0.1, 0.15) is 42.4 Å². The van der Waals surface area contributed by atoms with Crippen molar-refractivity contribution >= 4 is 11.6 Å². The molecule has 2 rings (SSSR count). The Kier molecular flexibility index (Phi) is 4.82. The number of amides is 1. The molecule has 1 atom stereocenters. The minimum Gasteiger partial charge on any atom is -0.467 e. The van der Waals surface area contributed by atoms with Gasteiger partial charge in [-0.25, -0.2) is 0 Å². The smallest absolute Gasteiger partial charge is 0.251 e. The van der Waals surface area contributed by atoms with Crippen LogP contribution >= 0.6 is 0 Å². The predicted octanol–water partition coefficient (Wildman–Crippen LogP) is 3.59. The van der Waals surface area contributed by atoms with Gasteiger partial charge in [0.05, 0.1) is 12.3 Å². The number of hydrogen-bond acceptors (Lipinski definition) is 3. The lowest BCUT2D eigenvalue weighted by Gasteiger charge is -2.12. The van der Waals surface area contributed by atoms with E-state index in [1.807, 2.05) is 43.3 Å². The molecule has 106 valence electrons. The lowest BCUT2D eigenvalue weighted by Crippen LogP contribution is -2.26. The van der Waals surface area contributed by atoms with Crippen LogP contribution in [0.4, 0.5) is 5.69 Å². The van der Waals surface area contributed by atoms with Crippen LogP contribution in [0.25, 0.3) is 0 Å². The Morgan fingerprint density at radius 1 is 1.25 bits per heavy atom. The first-order valence-electron chi connectivity index (χ1n) is 6.89. The standard InChI is InChI=1S/C16H20N2O2/c1-3-10-17-14-8-6-13(7-9-14)16(19)18-12(2)15-5-4-11-20-15/h4-9,11-12,17H,3,10H2,1-2H3,(H,18,19). The Balaban J connectivity index is 1.95. The molecule has 0 aliphatic rings. The van der Waals surface area contributed by atoms with Crippen LogP contribution in [0.15, 0.2) is 47.1 Å². The molecule has 20 heavy (non-hydrogen) atoms. The normalized spacial score (nSPS) is 11.9. The van der Waals surface area contributed by atoms with Gasteiger partial charge in [-0.05, 0) is 49.7 Å². The van der Waals surface area contributed by atoms with Crippen LogP contribution in [0.3, 0.4) is 0 Å². The van der Waals surface area contributed by atoms with Crippen molar-refractivity contribution in [1.29, 1.82) is 0 Å². The molecule has 1 amide bonds. The monoisotopic (exact) mass is 272 g/mol. The Labute approximate surface area is 119 Å². The molecule has 0 aliphatic carbocycles. The van der Waals surface area contributed by atoms with E-state index in [9.17, 15) is 4.79 Å². The number of carbonyl (C=O) groups excluding carboxylic acids is 1. The molecular weight excluding hydrogens is 252 g/mol. The van der Waals surface area contributed by atoms with Gasteiger partial charge in [-0.2, -0.15) is 0 Å². The molecule has 1 unspecified atom stereocenters. The van der Waals surface area contributed by atoms with Gasteiger partial charge in [0.25, 0.3) is 5.91 Å². The summed E-state index contributed by atoms with van der Waals surface area (Å²) in [5.74, 6) is 0.649. The third-order valence-corrected chi connectivity index (χ3v) is 3.04. The van der Waals surface area contributed by atoms with Crippen molar-refractivity contribution in [2.45, 2.75) is 26.3 Å². The van der Waals surface area contributed by atoms with Crippen molar-refractivity contribution in [3.05, 3.63) is 54.0 Å². The number of carbonyl (C=O) groups is 1. The van der Waals surface area contributed by atoms with Crippen molar-refractivity contribution < 1.29 is 9.21 Å². The molecule has 1 aromatic carbocycles. The molecule has 2 aromatic rings. The zero-order valence-electron chi connectivity index (χ0n) is 11.8. The molecule has 4 heteroatoms. The average molecular weight is 272 g/mol. The highest BCUT2D eigenvalue weighted by Crippen LogP contribution is 2.14. The summed E-state index contributed by atoms with van der Waals surface area (Å²) in [4.78, 5) is 12.1. The van der Waals surface area contributed by atoms with Crippen molar-refractivity contribution in [3.8, 4) is 0 Å². The van der Waals surface area contributed by atoms with Gasteiger partial charge in [-0.3, -0.25) is 4.79 Å². The zero-order chi connectivity index (χ0) is 14.4. The van der Waals surface area contributed by atoms with Gasteiger partial charge >= 0.3 is 0 Å². The Bertz CT molecular complexity index is 532. The van der Waals surface area contributed by atoms with E-state index < -0.39 is 0 Å². The van der Waals surface area contributed by atoms with Crippen LogP contribution in [0.5, 0.6) is 0 Å². The Hall–Kier alpha value is -2.23. The molecule has 4 nitrogen and oxygen atoms in total. The van der Waals surface area contributed by atoms with Crippen LogP contribution in [0, 0.1) is 0 Å². The second kappa shape index (κ2) is 6.80. The third kappa shape index (κ3) is 3.63. The maximum atomic E-state index is 12.1. The Morgan fingerprint density at radius 2 is 2.00 bits per heavy atom. The molecule has 1 heterocycles. The van der Waals surface area contributed by atoms with Crippen molar-refractivity contribution in [2.24, 2.45) is 0 Å². The summed E-state index contributed by atoms with van der Waals surface area (Å²) in [5, 5.41) is 6.19. The quantitative estimate of drug-likeness (QED) is 0.845. The van der Waals surface area contributed by atoms with E-state index in [0.29, 0.717) is 5.56 Å². The summed E-state index contributed by atoms with van der Waals surface area (Å²) < 4.78 is 5.27. The molecule has 0 fully saturated rings. The van der Waals surface area contributed by atoms with Crippen LogP contribution in [0.2, 0.25) is 0 Å². The van der Waals surface area contributed by atoms with Crippen molar-refractivity contribution in [2.75, 3.05) is 11.9 Å². The molecule has 1 aromatic heterocycles. The first-order chi connectivity index (χ1) is 9.70. The summed E-state index contributed by atoms with van der Waals surface area (Å²) in [6.07, 6.45) is 2.68. The van der Waals surface area contributed by atoms with Crippen molar-refractivity contribution in [1.82, 2.24) is 5.32 Å². The number of furan rings is 1. The highest BCUT2D eigenvalue weighted by atomic mass is 16.3. The molecule has 0 radical (unpaired) electrons. The first-order valence-corrected chi connectivity index (χ1v) is 6.89. The average Bonchev–Trinajstić information content (AvgIpc) is 3.00. The van der Waals surface area contributed by atoms with Gasteiger partial charge in [0.15, 0.2) is 0 Å². The maximum Gasteiger partial charge on any atom is 0.251 e. The Morgan fingerprint density at radius 3 is 2.60 bits per heavy atom. The SMILES string of the molecule is CCCNc1ccc(C(=O)NC(C)c2ccco2)cc1. The zero-order valence-corrected chi connectivity index (χ0v) is 11.8. The lowest BCUT2D eigenvalue weighted by atomic mass is 10.1. The van der Waals surface area contributed by atoms with E-state index in [0.717, 1.165) is 24.4 Å². The van der Waals surface area contributed by atoms with Crippen LogP contribution < -0.4 is 10.6 Å². The van der Waals surface area contributed by atoms with Gasteiger partial charge in [-0.15, -0.1) is 0 Å². The van der Waals surface area contributed by atoms with E-state index in [2.05, 4.69) is 17.6 Å². The van der Waals surface area contributed by atoms with Crippen molar-refractivity contribution in [3.63, 3.8) is 0 Å². The summed E-state index contributed by atoms with van der Waals surface area (Å²) in [7, 11) is 0. The molecular formula is C16H20N2O2.